The third-order valence-electron chi connectivity index (χ3n) is 4.19. The summed E-state index contributed by atoms with van der Waals surface area (Å²) in [5.74, 6) is -2.18. The van der Waals surface area contributed by atoms with Gasteiger partial charge in [0.15, 0.2) is 0 Å². The van der Waals surface area contributed by atoms with E-state index in [1.807, 2.05) is 31.2 Å². The SMILES string of the molecule is Cc1ccc(SCC(=O)Nc2ccc3c(c2)C(=O)N(CCC(=O)O)C3=O)cc1. The van der Waals surface area contributed by atoms with Crippen molar-refractivity contribution in [2.75, 3.05) is 17.6 Å². The molecule has 144 valence electrons. The third kappa shape index (κ3) is 4.40. The Balaban J connectivity index is 1.63. The first-order valence-electron chi connectivity index (χ1n) is 8.56. The van der Waals surface area contributed by atoms with Gasteiger partial charge in [-0.25, -0.2) is 0 Å². The summed E-state index contributed by atoms with van der Waals surface area (Å²) >= 11 is 1.40. The Morgan fingerprint density at radius 2 is 1.71 bits per heavy atom. The number of anilines is 1. The van der Waals surface area contributed by atoms with Gasteiger partial charge in [0.1, 0.15) is 0 Å². The van der Waals surface area contributed by atoms with E-state index in [4.69, 9.17) is 5.11 Å². The first-order chi connectivity index (χ1) is 13.3. The Morgan fingerprint density at radius 1 is 1.04 bits per heavy atom. The summed E-state index contributed by atoms with van der Waals surface area (Å²) in [6.45, 7) is 1.81. The van der Waals surface area contributed by atoms with Gasteiger partial charge in [-0.1, -0.05) is 17.7 Å². The molecule has 1 aliphatic heterocycles. The van der Waals surface area contributed by atoms with Crippen molar-refractivity contribution in [3.05, 3.63) is 59.2 Å². The van der Waals surface area contributed by atoms with E-state index in [0.717, 1.165) is 15.4 Å². The van der Waals surface area contributed by atoms with E-state index in [2.05, 4.69) is 5.32 Å². The lowest BCUT2D eigenvalue weighted by molar-refractivity contribution is -0.137. The average molecular weight is 398 g/mol. The molecule has 2 aromatic carbocycles. The largest absolute Gasteiger partial charge is 0.481 e. The van der Waals surface area contributed by atoms with Crippen molar-refractivity contribution in [1.82, 2.24) is 4.90 Å². The van der Waals surface area contributed by atoms with Gasteiger partial charge in [0.2, 0.25) is 5.91 Å². The van der Waals surface area contributed by atoms with E-state index in [1.165, 1.54) is 23.9 Å². The Hall–Kier alpha value is -3.13. The van der Waals surface area contributed by atoms with Gasteiger partial charge in [0.25, 0.3) is 11.8 Å². The number of carbonyl (C=O) groups excluding carboxylic acids is 3. The predicted octanol–water partition coefficient (Wildman–Crippen LogP) is 2.80. The smallest absolute Gasteiger partial charge is 0.305 e. The summed E-state index contributed by atoms with van der Waals surface area (Å²) in [5, 5.41) is 11.5. The number of nitrogens with zero attached hydrogens (tertiary/aromatic N) is 1. The van der Waals surface area contributed by atoms with Gasteiger partial charge in [0, 0.05) is 17.1 Å². The molecule has 3 rings (SSSR count). The van der Waals surface area contributed by atoms with Gasteiger partial charge in [-0.05, 0) is 37.3 Å². The molecule has 0 fully saturated rings. The molecule has 3 amide bonds. The first-order valence-corrected chi connectivity index (χ1v) is 9.55. The van der Waals surface area contributed by atoms with Crippen LogP contribution in [0.4, 0.5) is 5.69 Å². The number of benzene rings is 2. The monoisotopic (exact) mass is 398 g/mol. The number of carboxylic acid groups (broad SMARTS) is 1. The maximum Gasteiger partial charge on any atom is 0.305 e. The summed E-state index contributed by atoms with van der Waals surface area (Å²) in [7, 11) is 0. The number of fused-ring (bicyclic) bond motifs is 1. The van der Waals surface area contributed by atoms with Crippen LogP contribution >= 0.6 is 11.8 Å². The summed E-state index contributed by atoms with van der Waals surface area (Å²) in [6, 6.07) is 12.3. The zero-order chi connectivity index (χ0) is 20.3. The van der Waals surface area contributed by atoms with Gasteiger partial charge in [-0.3, -0.25) is 24.1 Å². The van der Waals surface area contributed by atoms with Crippen molar-refractivity contribution in [2.45, 2.75) is 18.2 Å². The zero-order valence-electron chi connectivity index (χ0n) is 15.1. The second-order valence-electron chi connectivity index (χ2n) is 6.32. The molecule has 2 N–H and O–H groups in total. The van der Waals surface area contributed by atoms with Gasteiger partial charge in [0.05, 0.1) is 23.3 Å². The van der Waals surface area contributed by atoms with E-state index in [1.54, 1.807) is 6.07 Å². The molecule has 2 aromatic rings. The lowest BCUT2D eigenvalue weighted by Crippen LogP contribution is -2.31. The molecule has 0 radical (unpaired) electrons. The Morgan fingerprint density at radius 3 is 2.39 bits per heavy atom. The molecular formula is C20H18N2O5S. The van der Waals surface area contributed by atoms with Crippen molar-refractivity contribution in [2.24, 2.45) is 0 Å². The van der Waals surface area contributed by atoms with Crippen LogP contribution < -0.4 is 5.32 Å². The number of thioether (sulfide) groups is 1. The van der Waals surface area contributed by atoms with Crippen molar-refractivity contribution in [1.29, 1.82) is 0 Å². The average Bonchev–Trinajstić information content (AvgIpc) is 2.89. The predicted molar refractivity (Wildman–Crippen MR) is 105 cm³/mol. The molecule has 0 aliphatic carbocycles. The fourth-order valence-corrected chi connectivity index (χ4v) is 3.46. The van der Waals surface area contributed by atoms with E-state index in [-0.39, 0.29) is 35.8 Å². The number of carboxylic acids is 1. The van der Waals surface area contributed by atoms with Crippen LogP contribution in [0.15, 0.2) is 47.4 Å². The maximum atomic E-state index is 12.4. The molecule has 0 saturated carbocycles. The van der Waals surface area contributed by atoms with Gasteiger partial charge in [-0.2, -0.15) is 0 Å². The second kappa shape index (κ2) is 8.26. The first kappa shape index (κ1) is 19.6. The minimum Gasteiger partial charge on any atom is -0.481 e. The Kier molecular flexibility index (Phi) is 5.79. The second-order valence-corrected chi connectivity index (χ2v) is 7.36. The lowest BCUT2D eigenvalue weighted by atomic mass is 10.1. The maximum absolute atomic E-state index is 12.4. The van der Waals surface area contributed by atoms with Crippen LogP contribution in [0, 0.1) is 6.92 Å². The number of imide groups is 1. The molecular weight excluding hydrogens is 380 g/mol. The highest BCUT2D eigenvalue weighted by Gasteiger charge is 2.35. The van der Waals surface area contributed by atoms with E-state index >= 15 is 0 Å². The third-order valence-corrected chi connectivity index (χ3v) is 5.21. The molecule has 7 nitrogen and oxygen atoms in total. The fourth-order valence-electron chi connectivity index (χ4n) is 2.76. The summed E-state index contributed by atoms with van der Waals surface area (Å²) < 4.78 is 0. The lowest BCUT2D eigenvalue weighted by Gasteiger charge is -2.11. The summed E-state index contributed by atoms with van der Waals surface area (Å²) in [6.07, 6.45) is -0.314. The minimum absolute atomic E-state index is 0.166. The number of hydrogen-bond acceptors (Lipinski definition) is 5. The van der Waals surface area contributed by atoms with Crippen LogP contribution in [0.1, 0.15) is 32.7 Å². The van der Waals surface area contributed by atoms with E-state index in [0.29, 0.717) is 5.69 Å². The number of aliphatic carboxylic acids is 1. The van der Waals surface area contributed by atoms with Crippen LogP contribution in [0.2, 0.25) is 0 Å². The number of hydrogen-bond donors (Lipinski definition) is 2. The van der Waals surface area contributed by atoms with Crippen LogP contribution in [0.25, 0.3) is 0 Å². The van der Waals surface area contributed by atoms with Crippen LogP contribution in [0.3, 0.4) is 0 Å². The molecule has 0 aromatic heterocycles. The highest BCUT2D eigenvalue weighted by molar-refractivity contribution is 8.00. The quantitative estimate of drug-likeness (QED) is 0.549. The molecule has 8 heteroatoms. The topological polar surface area (TPSA) is 104 Å². The van der Waals surface area contributed by atoms with E-state index in [9.17, 15) is 19.2 Å². The molecule has 0 spiro atoms. The molecule has 1 aliphatic rings. The van der Waals surface area contributed by atoms with Crippen molar-refractivity contribution < 1.29 is 24.3 Å². The molecule has 0 saturated heterocycles. The molecule has 0 atom stereocenters. The Labute approximate surface area is 165 Å². The Bertz CT molecular complexity index is 956. The van der Waals surface area contributed by atoms with Crippen LogP contribution in [-0.4, -0.2) is 46.0 Å². The highest BCUT2D eigenvalue weighted by Crippen LogP contribution is 2.26. The number of nitrogens with one attached hydrogen (secondary N) is 1. The van der Waals surface area contributed by atoms with Gasteiger partial charge < -0.3 is 10.4 Å². The number of rotatable bonds is 7. The molecule has 0 unspecified atom stereocenters. The van der Waals surface area contributed by atoms with Crippen LogP contribution in [-0.2, 0) is 9.59 Å². The molecule has 28 heavy (non-hydrogen) atoms. The van der Waals surface area contributed by atoms with Crippen molar-refractivity contribution in [3.63, 3.8) is 0 Å². The summed E-state index contributed by atoms with van der Waals surface area (Å²) in [4.78, 5) is 49.4. The number of amides is 3. The number of carbonyl (C=O) groups is 4. The molecule has 0 bridgehead atoms. The summed E-state index contributed by atoms with van der Waals surface area (Å²) in [5.41, 5.74) is 1.93. The molecule has 1 heterocycles. The fraction of sp³-hybridized carbons (Fsp3) is 0.200. The van der Waals surface area contributed by atoms with Crippen molar-refractivity contribution >= 4 is 41.1 Å². The van der Waals surface area contributed by atoms with Gasteiger partial charge in [-0.15, -0.1) is 11.8 Å². The van der Waals surface area contributed by atoms with E-state index < -0.39 is 17.8 Å². The van der Waals surface area contributed by atoms with Crippen molar-refractivity contribution in [3.8, 4) is 0 Å². The standard InChI is InChI=1S/C20H18N2O5S/c1-12-2-5-14(6-3-12)28-11-17(23)21-13-4-7-15-16(10-13)20(27)22(19(15)26)9-8-18(24)25/h2-7,10H,8-9,11H2,1H3,(H,21,23)(H,24,25). The number of aryl methyl sites for hydroxylation is 1. The van der Waals surface area contributed by atoms with Crippen LogP contribution in [0.5, 0.6) is 0 Å². The van der Waals surface area contributed by atoms with Gasteiger partial charge >= 0.3 is 5.97 Å². The minimum atomic E-state index is -1.09. The highest BCUT2D eigenvalue weighted by atomic mass is 32.2. The normalized spacial score (nSPS) is 12.8. The zero-order valence-corrected chi connectivity index (χ0v) is 15.9.